The second kappa shape index (κ2) is 5.41. The first-order chi connectivity index (χ1) is 10.1. The van der Waals surface area contributed by atoms with Crippen LogP contribution in [0.5, 0.6) is 0 Å². The lowest BCUT2D eigenvalue weighted by Crippen LogP contribution is -2.49. The van der Waals surface area contributed by atoms with Crippen LogP contribution in [0.25, 0.3) is 5.69 Å². The first kappa shape index (κ1) is 13.9. The van der Waals surface area contributed by atoms with Gasteiger partial charge in [0.15, 0.2) is 0 Å². The molecule has 0 bridgehead atoms. The molecule has 0 saturated heterocycles. The Morgan fingerprint density at radius 2 is 1.86 bits per heavy atom. The van der Waals surface area contributed by atoms with Gasteiger partial charge < -0.3 is 0 Å². The molecule has 0 unspecified atom stereocenters. The molecule has 1 heterocycles. The van der Waals surface area contributed by atoms with Crippen LogP contribution in [-0.4, -0.2) is 45.3 Å². The van der Waals surface area contributed by atoms with Gasteiger partial charge in [-0.1, -0.05) is 36.3 Å². The largest absolute Gasteiger partial charge is 0.297 e. The molecule has 0 aliphatic heterocycles. The van der Waals surface area contributed by atoms with Crippen molar-refractivity contribution in [2.45, 2.75) is 31.2 Å². The van der Waals surface area contributed by atoms with Crippen LogP contribution in [0.2, 0.25) is 0 Å². The maximum absolute atomic E-state index is 13.1. The summed E-state index contributed by atoms with van der Waals surface area (Å²) in [7, 11) is 3.97. The molecule has 1 saturated carbocycles. The first-order valence-corrected chi connectivity index (χ1v) is 7.33. The summed E-state index contributed by atoms with van der Waals surface area (Å²) in [6.45, 7) is 0. The predicted molar refractivity (Wildman–Crippen MR) is 80.6 cm³/mol. The molecule has 110 valence electrons. The van der Waals surface area contributed by atoms with Crippen LogP contribution in [0.1, 0.15) is 36.2 Å². The van der Waals surface area contributed by atoms with E-state index < -0.39 is 5.54 Å². The molecule has 3 rings (SSSR count). The summed E-state index contributed by atoms with van der Waals surface area (Å²) in [5.74, 6) is 0.124. The summed E-state index contributed by atoms with van der Waals surface area (Å²) in [5, 5.41) is 8.05. The third-order valence-electron chi connectivity index (χ3n) is 4.49. The number of likely N-dealkylation sites (N-methyl/N-ethyl adjacent to an activating group) is 1. The van der Waals surface area contributed by atoms with Gasteiger partial charge in [-0.2, -0.15) is 0 Å². The highest BCUT2D eigenvalue weighted by atomic mass is 16.1. The Morgan fingerprint density at radius 3 is 2.48 bits per heavy atom. The Bertz CT molecular complexity index is 627. The number of para-hydroxylation sites is 1. The van der Waals surface area contributed by atoms with E-state index in [0.29, 0.717) is 5.69 Å². The molecule has 1 aromatic carbocycles. The zero-order valence-corrected chi connectivity index (χ0v) is 12.5. The van der Waals surface area contributed by atoms with Gasteiger partial charge in [-0.05, 0) is 39.1 Å². The number of carbonyl (C=O) groups is 1. The average Bonchev–Trinajstić information content (AvgIpc) is 3.17. The standard InChI is InChI=1S/C16H20N4O/c1-19(2)16(10-6-7-11-16)15(21)14-12-17-18-20(14)13-8-4-3-5-9-13/h3-5,8-9,12H,6-7,10-11H2,1-2H3. The van der Waals surface area contributed by atoms with E-state index in [-0.39, 0.29) is 5.78 Å². The second-order valence-corrected chi connectivity index (χ2v) is 5.83. The van der Waals surface area contributed by atoms with Gasteiger partial charge in [0.25, 0.3) is 0 Å². The number of aromatic nitrogens is 3. The van der Waals surface area contributed by atoms with Crippen LogP contribution in [0.4, 0.5) is 0 Å². The minimum atomic E-state index is -0.408. The third kappa shape index (κ3) is 2.27. The van der Waals surface area contributed by atoms with Crippen molar-refractivity contribution >= 4 is 5.78 Å². The highest BCUT2D eigenvalue weighted by Crippen LogP contribution is 2.36. The van der Waals surface area contributed by atoms with Gasteiger partial charge in [0.05, 0.1) is 17.4 Å². The van der Waals surface area contributed by atoms with Crippen molar-refractivity contribution in [3.8, 4) is 5.69 Å². The second-order valence-electron chi connectivity index (χ2n) is 5.83. The molecule has 1 fully saturated rings. The molecule has 0 amide bonds. The van der Waals surface area contributed by atoms with E-state index in [1.165, 1.54) is 0 Å². The van der Waals surface area contributed by atoms with E-state index in [0.717, 1.165) is 31.4 Å². The van der Waals surface area contributed by atoms with Crippen molar-refractivity contribution in [3.05, 3.63) is 42.2 Å². The van der Waals surface area contributed by atoms with E-state index >= 15 is 0 Å². The number of hydrogen-bond donors (Lipinski definition) is 0. The van der Waals surface area contributed by atoms with Crippen LogP contribution in [0.15, 0.2) is 36.5 Å². The van der Waals surface area contributed by atoms with Gasteiger partial charge >= 0.3 is 0 Å². The van der Waals surface area contributed by atoms with Crippen LogP contribution >= 0.6 is 0 Å². The number of rotatable bonds is 4. The van der Waals surface area contributed by atoms with Crippen molar-refractivity contribution in [1.29, 1.82) is 0 Å². The number of Topliss-reactive ketones (excluding diaryl/α,β-unsaturated/α-hetero) is 1. The van der Waals surface area contributed by atoms with E-state index in [9.17, 15) is 4.79 Å². The fraction of sp³-hybridized carbons (Fsp3) is 0.438. The van der Waals surface area contributed by atoms with Gasteiger partial charge in [-0.25, -0.2) is 4.68 Å². The van der Waals surface area contributed by atoms with Crippen molar-refractivity contribution in [3.63, 3.8) is 0 Å². The lowest BCUT2D eigenvalue weighted by atomic mass is 9.88. The van der Waals surface area contributed by atoms with Gasteiger partial charge in [-0.3, -0.25) is 9.69 Å². The van der Waals surface area contributed by atoms with Crippen LogP contribution < -0.4 is 0 Å². The fourth-order valence-electron chi connectivity index (χ4n) is 3.23. The van der Waals surface area contributed by atoms with Crippen LogP contribution in [0, 0.1) is 0 Å². The molecular weight excluding hydrogens is 264 g/mol. The predicted octanol–water partition coefficient (Wildman–Crippen LogP) is 2.32. The summed E-state index contributed by atoms with van der Waals surface area (Å²) >= 11 is 0. The molecule has 1 aliphatic rings. The lowest BCUT2D eigenvalue weighted by molar-refractivity contribution is 0.0684. The smallest absolute Gasteiger partial charge is 0.203 e. The number of nitrogens with zero attached hydrogens (tertiary/aromatic N) is 4. The average molecular weight is 284 g/mol. The van der Waals surface area contributed by atoms with E-state index in [4.69, 9.17) is 0 Å². The van der Waals surface area contributed by atoms with Gasteiger partial charge in [0.2, 0.25) is 5.78 Å². The normalized spacial score (nSPS) is 17.3. The Labute approximate surface area is 124 Å². The molecule has 0 atom stereocenters. The monoisotopic (exact) mass is 284 g/mol. The molecule has 1 aromatic heterocycles. The van der Waals surface area contributed by atoms with Crippen molar-refractivity contribution in [2.75, 3.05) is 14.1 Å². The van der Waals surface area contributed by atoms with Gasteiger partial charge in [0, 0.05) is 0 Å². The quantitative estimate of drug-likeness (QED) is 0.809. The Morgan fingerprint density at radius 1 is 1.19 bits per heavy atom. The molecule has 0 radical (unpaired) electrons. The first-order valence-electron chi connectivity index (χ1n) is 7.33. The highest BCUT2D eigenvalue weighted by Gasteiger charge is 2.44. The molecule has 5 heteroatoms. The Hall–Kier alpha value is -2.01. The molecule has 1 aliphatic carbocycles. The number of benzene rings is 1. The third-order valence-corrected chi connectivity index (χ3v) is 4.49. The van der Waals surface area contributed by atoms with Crippen molar-refractivity contribution in [1.82, 2.24) is 19.9 Å². The highest BCUT2D eigenvalue weighted by molar-refractivity contribution is 6.02. The number of hydrogen-bond acceptors (Lipinski definition) is 4. The minimum absolute atomic E-state index is 0.124. The van der Waals surface area contributed by atoms with Crippen LogP contribution in [-0.2, 0) is 0 Å². The molecule has 2 aromatic rings. The van der Waals surface area contributed by atoms with E-state index in [1.807, 2.05) is 44.4 Å². The maximum atomic E-state index is 13.1. The molecular formula is C16H20N4O. The zero-order chi connectivity index (χ0) is 14.9. The molecule has 0 spiro atoms. The number of ketones is 1. The summed E-state index contributed by atoms with van der Waals surface area (Å²) in [6, 6.07) is 9.68. The van der Waals surface area contributed by atoms with E-state index in [1.54, 1.807) is 10.9 Å². The Kier molecular flexibility index (Phi) is 3.59. The van der Waals surface area contributed by atoms with Crippen molar-refractivity contribution in [2.24, 2.45) is 0 Å². The Balaban J connectivity index is 2.02. The SMILES string of the molecule is CN(C)C1(C(=O)c2cnnn2-c2ccccc2)CCCC1. The summed E-state index contributed by atoms with van der Waals surface area (Å²) in [6.07, 6.45) is 5.57. The maximum Gasteiger partial charge on any atom is 0.203 e. The van der Waals surface area contributed by atoms with Crippen LogP contribution in [0.3, 0.4) is 0 Å². The van der Waals surface area contributed by atoms with E-state index in [2.05, 4.69) is 15.2 Å². The fourth-order valence-corrected chi connectivity index (χ4v) is 3.23. The summed E-state index contributed by atoms with van der Waals surface area (Å²) in [4.78, 5) is 15.2. The van der Waals surface area contributed by atoms with Gasteiger partial charge in [-0.15, -0.1) is 5.10 Å². The zero-order valence-electron chi connectivity index (χ0n) is 12.5. The number of carbonyl (C=O) groups excluding carboxylic acids is 1. The molecule has 0 N–H and O–H groups in total. The summed E-state index contributed by atoms with van der Waals surface area (Å²) in [5.41, 5.74) is 1.02. The molecule has 21 heavy (non-hydrogen) atoms. The summed E-state index contributed by atoms with van der Waals surface area (Å²) < 4.78 is 1.64. The topological polar surface area (TPSA) is 51.0 Å². The minimum Gasteiger partial charge on any atom is -0.297 e. The lowest BCUT2D eigenvalue weighted by Gasteiger charge is -2.34. The van der Waals surface area contributed by atoms with Gasteiger partial charge in [0.1, 0.15) is 5.69 Å². The molecule has 5 nitrogen and oxygen atoms in total. The van der Waals surface area contributed by atoms with Crippen molar-refractivity contribution < 1.29 is 4.79 Å².